The van der Waals surface area contributed by atoms with Gasteiger partial charge in [-0.3, -0.25) is 0 Å². The molecule has 1 N–H and O–H groups in total. The van der Waals surface area contributed by atoms with E-state index < -0.39 is 0 Å². The maximum atomic E-state index is 5.36. The van der Waals surface area contributed by atoms with Crippen molar-refractivity contribution in [2.24, 2.45) is 0 Å². The van der Waals surface area contributed by atoms with Crippen LogP contribution in [0.3, 0.4) is 0 Å². The molecule has 0 amide bonds. The molecule has 4 heteroatoms. The first kappa shape index (κ1) is 12.8. The fourth-order valence-corrected chi connectivity index (χ4v) is 1.30. The van der Waals surface area contributed by atoms with Gasteiger partial charge in [-0.1, -0.05) is 6.07 Å². The summed E-state index contributed by atoms with van der Waals surface area (Å²) in [4.78, 5) is 0. The summed E-state index contributed by atoms with van der Waals surface area (Å²) in [5.74, 6) is 0.798. The first-order valence-corrected chi connectivity index (χ1v) is 5.23. The first-order chi connectivity index (χ1) is 7.77. The second kappa shape index (κ2) is 7.09. The Balaban J connectivity index is 2.59. The molecule has 0 bridgehead atoms. The van der Waals surface area contributed by atoms with E-state index in [0.29, 0.717) is 6.61 Å². The van der Waals surface area contributed by atoms with E-state index in [1.807, 2.05) is 18.2 Å². The summed E-state index contributed by atoms with van der Waals surface area (Å²) in [6.45, 7) is 3.78. The molecule has 0 spiro atoms. The Bertz CT molecular complexity index is 315. The van der Waals surface area contributed by atoms with Gasteiger partial charge in [0.15, 0.2) is 6.79 Å². The van der Waals surface area contributed by atoms with Crippen LogP contribution < -0.4 is 10.1 Å². The van der Waals surface area contributed by atoms with E-state index in [2.05, 4.69) is 12.2 Å². The Morgan fingerprint density at radius 1 is 1.19 bits per heavy atom. The van der Waals surface area contributed by atoms with Crippen molar-refractivity contribution in [3.8, 4) is 5.75 Å². The molecule has 0 unspecified atom stereocenters. The average Bonchev–Trinajstić information content (AvgIpc) is 2.30. The number of rotatable bonds is 7. The zero-order valence-electron chi connectivity index (χ0n) is 10.1. The Hall–Kier alpha value is -1.26. The van der Waals surface area contributed by atoms with Gasteiger partial charge in [0, 0.05) is 32.5 Å². The molecule has 1 aromatic carbocycles. The second-order valence-electron chi connectivity index (χ2n) is 3.45. The number of aryl methyl sites for hydroxylation is 1. The molecule has 0 atom stereocenters. The molecule has 0 fully saturated rings. The van der Waals surface area contributed by atoms with Crippen molar-refractivity contribution in [2.75, 3.05) is 39.5 Å². The monoisotopic (exact) mass is 225 g/mol. The number of anilines is 1. The highest BCUT2D eigenvalue weighted by molar-refractivity contribution is 5.54. The molecule has 0 saturated heterocycles. The lowest BCUT2D eigenvalue weighted by molar-refractivity contribution is 0.0511. The SMILES string of the molecule is COCCNc1cc(OCOC)ccc1C. The van der Waals surface area contributed by atoms with E-state index in [9.17, 15) is 0 Å². The van der Waals surface area contributed by atoms with Crippen LogP contribution in [0, 0.1) is 6.92 Å². The van der Waals surface area contributed by atoms with E-state index in [0.717, 1.165) is 18.0 Å². The van der Waals surface area contributed by atoms with E-state index in [1.54, 1.807) is 14.2 Å². The minimum Gasteiger partial charge on any atom is -0.467 e. The van der Waals surface area contributed by atoms with Crippen LogP contribution in [-0.4, -0.2) is 34.2 Å². The predicted octanol–water partition coefficient (Wildman–Crippen LogP) is 2.04. The van der Waals surface area contributed by atoms with Crippen LogP contribution in [0.15, 0.2) is 18.2 Å². The van der Waals surface area contributed by atoms with Gasteiger partial charge in [0.2, 0.25) is 0 Å². The third-order valence-corrected chi connectivity index (χ3v) is 2.17. The molecule has 0 aliphatic rings. The van der Waals surface area contributed by atoms with Crippen LogP contribution >= 0.6 is 0 Å². The highest BCUT2D eigenvalue weighted by Crippen LogP contribution is 2.21. The number of ether oxygens (including phenoxy) is 3. The zero-order chi connectivity index (χ0) is 11.8. The van der Waals surface area contributed by atoms with Crippen molar-refractivity contribution >= 4 is 5.69 Å². The van der Waals surface area contributed by atoms with Gasteiger partial charge >= 0.3 is 0 Å². The molecule has 0 aliphatic carbocycles. The van der Waals surface area contributed by atoms with Crippen molar-refractivity contribution in [1.29, 1.82) is 0 Å². The molecular weight excluding hydrogens is 206 g/mol. The van der Waals surface area contributed by atoms with Crippen LogP contribution in [0.25, 0.3) is 0 Å². The minimum absolute atomic E-state index is 0.264. The average molecular weight is 225 g/mol. The van der Waals surface area contributed by atoms with Gasteiger partial charge in [-0.15, -0.1) is 0 Å². The van der Waals surface area contributed by atoms with Gasteiger partial charge in [-0.25, -0.2) is 0 Å². The van der Waals surface area contributed by atoms with Crippen molar-refractivity contribution in [3.63, 3.8) is 0 Å². The highest BCUT2D eigenvalue weighted by atomic mass is 16.7. The molecule has 0 heterocycles. The maximum Gasteiger partial charge on any atom is 0.188 e. The zero-order valence-corrected chi connectivity index (χ0v) is 10.1. The lowest BCUT2D eigenvalue weighted by atomic mass is 10.2. The molecule has 0 radical (unpaired) electrons. The molecule has 90 valence electrons. The number of hydrogen-bond donors (Lipinski definition) is 1. The molecule has 1 aromatic rings. The summed E-state index contributed by atoms with van der Waals surface area (Å²) < 4.78 is 15.2. The highest BCUT2D eigenvalue weighted by Gasteiger charge is 2.00. The summed E-state index contributed by atoms with van der Waals surface area (Å²) in [5, 5.41) is 3.28. The summed E-state index contributed by atoms with van der Waals surface area (Å²) in [6, 6.07) is 5.90. The summed E-state index contributed by atoms with van der Waals surface area (Å²) in [7, 11) is 3.29. The molecule has 0 aliphatic heterocycles. The molecule has 0 aromatic heterocycles. The van der Waals surface area contributed by atoms with Gasteiger partial charge in [0.05, 0.1) is 6.61 Å². The standard InChI is InChI=1S/C12H19NO3/c1-10-4-5-11(16-9-15-3)8-12(10)13-6-7-14-2/h4-5,8,13H,6-7,9H2,1-3H3. The van der Waals surface area contributed by atoms with Gasteiger partial charge < -0.3 is 19.5 Å². The molecule has 1 rings (SSSR count). The van der Waals surface area contributed by atoms with E-state index in [1.165, 1.54) is 5.56 Å². The molecule has 16 heavy (non-hydrogen) atoms. The minimum atomic E-state index is 0.264. The number of benzene rings is 1. The van der Waals surface area contributed by atoms with Crippen molar-refractivity contribution in [1.82, 2.24) is 0 Å². The predicted molar refractivity (Wildman–Crippen MR) is 64.0 cm³/mol. The Kier molecular flexibility index (Phi) is 5.67. The number of hydrogen-bond acceptors (Lipinski definition) is 4. The molecule has 0 saturated carbocycles. The van der Waals surface area contributed by atoms with Crippen molar-refractivity contribution < 1.29 is 14.2 Å². The number of methoxy groups -OCH3 is 2. The van der Waals surface area contributed by atoms with Crippen LogP contribution in [0.2, 0.25) is 0 Å². The van der Waals surface area contributed by atoms with Gasteiger partial charge in [0.25, 0.3) is 0 Å². The van der Waals surface area contributed by atoms with E-state index in [-0.39, 0.29) is 6.79 Å². The van der Waals surface area contributed by atoms with E-state index >= 15 is 0 Å². The van der Waals surface area contributed by atoms with Crippen LogP contribution in [0.5, 0.6) is 5.75 Å². The van der Waals surface area contributed by atoms with Crippen molar-refractivity contribution in [3.05, 3.63) is 23.8 Å². The summed E-state index contributed by atoms with van der Waals surface area (Å²) in [6.07, 6.45) is 0. The van der Waals surface area contributed by atoms with E-state index in [4.69, 9.17) is 14.2 Å². The Morgan fingerprint density at radius 2 is 2.00 bits per heavy atom. The maximum absolute atomic E-state index is 5.36. The quantitative estimate of drug-likeness (QED) is 0.569. The lowest BCUT2D eigenvalue weighted by Gasteiger charge is -2.11. The number of nitrogens with one attached hydrogen (secondary N) is 1. The third kappa shape index (κ3) is 4.08. The van der Waals surface area contributed by atoms with Gasteiger partial charge in [0.1, 0.15) is 5.75 Å². The van der Waals surface area contributed by atoms with Gasteiger partial charge in [-0.2, -0.15) is 0 Å². The molecule has 4 nitrogen and oxygen atoms in total. The Labute approximate surface area is 96.5 Å². The first-order valence-electron chi connectivity index (χ1n) is 5.23. The fourth-order valence-electron chi connectivity index (χ4n) is 1.30. The normalized spacial score (nSPS) is 10.2. The van der Waals surface area contributed by atoms with Crippen LogP contribution in [0.4, 0.5) is 5.69 Å². The second-order valence-corrected chi connectivity index (χ2v) is 3.45. The topological polar surface area (TPSA) is 39.7 Å². The fraction of sp³-hybridized carbons (Fsp3) is 0.500. The third-order valence-electron chi connectivity index (χ3n) is 2.17. The van der Waals surface area contributed by atoms with Crippen LogP contribution in [-0.2, 0) is 9.47 Å². The smallest absolute Gasteiger partial charge is 0.188 e. The van der Waals surface area contributed by atoms with Crippen molar-refractivity contribution in [2.45, 2.75) is 6.92 Å². The summed E-state index contributed by atoms with van der Waals surface area (Å²) in [5.41, 5.74) is 2.24. The van der Waals surface area contributed by atoms with Gasteiger partial charge in [-0.05, 0) is 18.6 Å². The molecular formula is C12H19NO3. The summed E-state index contributed by atoms with van der Waals surface area (Å²) >= 11 is 0. The largest absolute Gasteiger partial charge is 0.467 e. The lowest BCUT2D eigenvalue weighted by Crippen LogP contribution is -2.09. The Morgan fingerprint density at radius 3 is 2.69 bits per heavy atom. The van der Waals surface area contributed by atoms with Crippen LogP contribution in [0.1, 0.15) is 5.56 Å².